The molecule has 2 spiro atoms. The van der Waals surface area contributed by atoms with Crippen molar-refractivity contribution in [2.45, 2.75) is 165 Å². The molecule has 0 radical (unpaired) electrons. The fourth-order valence-corrected chi connectivity index (χ4v) is 8.93. The number of carbonyl (C=O) groups is 2. The molecule has 0 aliphatic carbocycles. The summed E-state index contributed by atoms with van der Waals surface area (Å²) in [5, 5.41) is 17.8. The molecule has 8 atom stereocenters. The van der Waals surface area contributed by atoms with E-state index in [1.807, 2.05) is 0 Å². The van der Waals surface area contributed by atoms with Crippen molar-refractivity contribution in [1.29, 1.82) is 0 Å². The second-order valence-corrected chi connectivity index (χ2v) is 15.3. The summed E-state index contributed by atoms with van der Waals surface area (Å²) in [7, 11) is 0. The number of unbranched alkanes of at least 4 members (excludes halogenated alkanes) is 4. The molecule has 5 rings (SSSR count). The minimum absolute atomic E-state index is 0. The Morgan fingerprint density at radius 3 is 2.54 bits per heavy atom. The van der Waals surface area contributed by atoms with Crippen LogP contribution in [0, 0.1) is 5.92 Å². The average Bonchev–Trinajstić information content (AvgIpc) is 3.38. The first-order valence-corrected chi connectivity index (χ1v) is 19.7. The lowest BCUT2D eigenvalue weighted by molar-refractivity contribution is -0.609. The number of amides is 1. The van der Waals surface area contributed by atoms with Crippen LogP contribution in [0.25, 0.3) is 0 Å². The highest BCUT2D eigenvalue weighted by atomic mass is 35.5. The van der Waals surface area contributed by atoms with Crippen LogP contribution in [-0.2, 0) is 23.8 Å². The van der Waals surface area contributed by atoms with Gasteiger partial charge in [0.05, 0.1) is 50.1 Å². The number of ether oxygens (including phenoxy) is 3. The molecule has 2 fully saturated rings. The molecule has 12 nitrogen and oxygen atoms in total. The van der Waals surface area contributed by atoms with Gasteiger partial charge in [0.25, 0.3) is 0 Å². The molecule has 5 heterocycles. The van der Waals surface area contributed by atoms with E-state index in [9.17, 15) is 14.7 Å². The Hall–Kier alpha value is -1.38. The molecule has 0 aromatic heterocycles. The number of nitrogens with one attached hydrogen (secondary N) is 2. The first-order chi connectivity index (χ1) is 23.7. The number of carbonyl (C=O) groups excluding carboxylic acids is 2. The summed E-state index contributed by atoms with van der Waals surface area (Å²) in [6.45, 7) is 7.14. The Balaban J connectivity index is 0.00000312. The van der Waals surface area contributed by atoms with Crippen molar-refractivity contribution in [3.05, 3.63) is 12.2 Å². The van der Waals surface area contributed by atoms with Crippen LogP contribution >= 0.6 is 0 Å². The van der Waals surface area contributed by atoms with Gasteiger partial charge in [-0.2, -0.15) is 0 Å². The van der Waals surface area contributed by atoms with Crippen molar-refractivity contribution in [2.75, 3.05) is 32.8 Å². The number of nitrogens with zero attached hydrogens (tertiary/aromatic N) is 2. The Labute approximate surface area is 330 Å². The van der Waals surface area contributed by atoms with E-state index in [0.29, 0.717) is 45.1 Å². The number of hydrogen-bond acceptors (Lipinski definition) is 8. The van der Waals surface area contributed by atoms with Crippen LogP contribution in [0.3, 0.4) is 0 Å². The van der Waals surface area contributed by atoms with Gasteiger partial charge in [-0.3, -0.25) is 14.2 Å². The fourth-order valence-electron chi connectivity index (χ4n) is 8.93. The molecule has 5 aliphatic heterocycles. The second-order valence-electron chi connectivity index (χ2n) is 15.3. The highest BCUT2D eigenvalue weighted by Crippen LogP contribution is 2.45. The largest absolute Gasteiger partial charge is 1.00 e. The van der Waals surface area contributed by atoms with Gasteiger partial charge in [0, 0.05) is 51.6 Å². The predicted octanol–water partition coefficient (Wildman–Crippen LogP) is -7.43. The number of allylic oxidation sites excluding steroid dienone is 1. The Bertz CT molecular complexity index is 1180. The molecule has 0 unspecified atom stereocenters. The van der Waals surface area contributed by atoms with Crippen molar-refractivity contribution in [1.82, 2.24) is 15.5 Å². The third kappa shape index (κ3) is 11.6. The highest BCUT2D eigenvalue weighted by molar-refractivity contribution is 5.82. The van der Waals surface area contributed by atoms with Gasteiger partial charge < -0.3 is 72.9 Å². The standard InChI is InChI=1S/C37H64N6O6.3ClH/c1-3-30-14-8-9-19-36(49-30)25-28-16-17-31-33(37(20-11-13-27(2)48-37)41-35(40-36)43(28)31)34(46)47-24-10-6-4-5-7-15-32(45)42(23-12-21-38)26-29(44)18-22-39;;;/h8,14,27-31,33,44H,3-7,9-13,15-26,38-39H2,1-2H3,(H,40,41);3*1H/t27-,28+,29+,30+,31-,33-,36+,37-;;;/m1.../s1. The second kappa shape index (κ2) is 22.2. The summed E-state index contributed by atoms with van der Waals surface area (Å²) in [5.74, 6) is 0.524. The molecule has 5 aliphatic rings. The van der Waals surface area contributed by atoms with Gasteiger partial charge in [0.15, 0.2) is 11.6 Å². The normalized spacial score (nSPS) is 30.8. The average molecular weight is 798 g/mol. The van der Waals surface area contributed by atoms with Crippen molar-refractivity contribution in [3.8, 4) is 0 Å². The first kappa shape index (κ1) is 46.8. The van der Waals surface area contributed by atoms with Gasteiger partial charge in [0.2, 0.25) is 11.6 Å². The molecule has 302 valence electrons. The van der Waals surface area contributed by atoms with E-state index in [4.69, 9.17) is 14.2 Å². The number of guanidine groups is 1. The minimum Gasteiger partial charge on any atom is -1.00 e. The Morgan fingerprint density at radius 1 is 1.04 bits per heavy atom. The van der Waals surface area contributed by atoms with Gasteiger partial charge >= 0.3 is 11.9 Å². The molecular formula is C37H67Cl3N6O6. The summed E-state index contributed by atoms with van der Waals surface area (Å²) in [6, 6.07) is 0.333. The van der Waals surface area contributed by atoms with E-state index in [1.165, 1.54) is 0 Å². The molecule has 9 N–H and O–H groups in total. The zero-order valence-electron chi connectivity index (χ0n) is 31.6. The monoisotopic (exact) mass is 796 g/mol. The molecule has 0 bridgehead atoms. The van der Waals surface area contributed by atoms with E-state index in [0.717, 1.165) is 109 Å². The van der Waals surface area contributed by atoms with Gasteiger partial charge in [-0.25, -0.2) is 10.6 Å². The zero-order chi connectivity index (χ0) is 34.9. The maximum Gasteiger partial charge on any atom is 0.350 e. The molecular weight excluding hydrogens is 731 g/mol. The van der Waals surface area contributed by atoms with Crippen molar-refractivity contribution < 1.29 is 82.2 Å². The molecule has 0 aromatic rings. The molecule has 15 heteroatoms. The van der Waals surface area contributed by atoms with E-state index in [1.54, 1.807) is 4.90 Å². The van der Waals surface area contributed by atoms with Crippen LogP contribution in [0.1, 0.15) is 123 Å². The summed E-state index contributed by atoms with van der Waals surface area (Å²) < 4.78 is 22.0. The van der Waals surface area contributed by atoms with E-state index >= 15 is 0 Å². The lowest BCUT2D eigenvalue weighted by Gasteiger charge is -2.50. The summed E-state index contributed by atoms with van der Waals surface area (Å²) in [4.78, 5) is 28.7. The van der Waals surface area contributed by atoms with Crippen LogP contribution in [-0.4, -0.2) is 107 Å². The van der Waals surface area contributed by atoms with Crippen LogP contribution < -0.4 is 59.3 Å². The molecule has 52 heavy (non-hydrogen) atoms. The predicted molar refractivity (Wildman–Crippen MR) is 186 cm³/mol. The molecule has 0 aromatic carbocycles. The Kier molecular flexibility index (Phi) is 20.0. The van der Waals surface area contributed by atoms with Crippen LogP contribution in [0.4, 0.5) is 0 Å². The van der Waals surface area contributed by atoms with Crippen LogP contribution in [0.15, 0.2) is 12.2 Å². The Morgan fingerprint density at radius 2 is 1.81 bits per heavy atom. The highest BCUT2D eigenvalue weighted by Gasteiger charge is 2.64. The van der Waals surface area contributed by atoms with Gasteiger partial charge in [-0.15, -0.1) is 0 Å². The lowest BCUT2D eigenvalue weighted by Crippen LogP contribution is -3.00. The van der Waals surface area contributed by atoms with E-state index < -0.39 is 23.5 Å². The number of halogens is 3. The molecule has 0 saturated carbocycles. The molecule has 1 amide bonds. The van der Waals surface area contributed by atoms with Crippen molar-refractivity contribution >= 4 is 17.8 Å². The number of rotatable bonds is 17. The van der Waals surface area contributed by atoms with E-state index in [2.05, 4.69) is 52.7 Å². The van der Waals surface area contributed by atoms with Gasteiger partial charge in [-0.05, 0) is 58.3 Å². The maximum atomic E-state index is 14.0. The van der Waals surface area contributed by atoms with Crippen molar-refractivity contribution in [2.24, 2.45) is 5.92 Å². The zero-order valence-corrected chi connectivity index (χ0v) is 33.9. The molecule has 2 saturated heterocycles. The number of quaternary nitrogens is 2. The quantitative estimate of drug-likeness (QED) is 0.0419. The summed E-state index contributed by atoms with van der Waals surface area (Å²) in [5.41, 5.74) is 6.48. The third-order valence-electron chi connectivity index (χ3n) is 11.4. The third-order valence-corrected chi connectivity index (χ3v) is 11.4. The first-order valence-electron chi connectivity index (χ1n) is 19.7. The smallest absolute Gasteiger partial charge is 0.350 e. The fraction of sp³-hybridized carbons (Fsp3) is 0.865. The summed E-state index contributed by atoms with van der Waals surface area (Å²) >= 11 is 0. The number of hydrogen-bond donors (Lipinski definition) is 5. The topological polar surface area (TPSA) is 168 Å². The maximum absolute atomic E-state index is 14.0. The van der Waals surface area contributed by atoms with Gasteiger partial charge in [-0.1, -0.05) is 38.3 Å². The number of aliphatic hydroxyl groups excluding tert-OH is 1. The minimum atomic E-state index is -0.795. The number of esters is 1. The van der Waals surface area contributed by atoms with E-state index in [-0.39, 0.29) is 67.3 Å². The van der Waals surface area contributed by atoms with Crippen LogP contribution in [0.2, 0.25) is 0 Å². The lowest BCUT2D eigenvalue weighted by atomic mass is 9.80. The summed E-state index contributed by atoms with van der Waals surface area (Å²) in [6.07, 6.45) is 19.0. The van der Waals surface area contributed by atoms with Crippen molar-refractivity contribution in [3.63, 3.8) is 0 Å². The SMILES string of the molecule is CC[C@H]1C=CCC[C@@]2(C[C@@H]3CC[C@@H]4[C@H](C(=O)OCCCCCCCC(=O)N(CCC[NH3+])C[C@@H](O)CC[NH3+])[C@]5(CCC[C@@H](C)O5)NC(=[N+]34)N2)O1.[Cl-].[Cl-].[Cl-]. The van der Waals surface area contributed by atoms with Crippen LogP contribution in [0.5, 0.6) is 0 Å². The number of aliphatic hydroxyl groups is 1. The van der Waals surface area contributed by atoms with Gasteiger partial charge in [0.1, 0.15) is 0 Å².